The average molecular weight is 364 g/mol. The Morgan fingerprint density at radius 2 is 2.22 bits per heavy atom. The van der Waals surface area contributed by atoms with Gasteiger partial charge in [-0.3, -0.25) is 4.57 Å². The molecule has 138 valence electrons. The number of hydrogen-bond donors (Lipinski definition) is 5. The Labute approximate surface area is 154 Å². The van der Waals surface area contributed by atoms with Crippen LogP contribution in [0.2, 0.25) is 0 Å². The lowest BCUT2D eigenvalue weighted by Crippen LogP contribution is -2.38. The Hall–Kier alpha value is -3.17. The van der Waals surface area contributed by atoms with Crippen molar-refractivity contribution in [3.63, 3.8) is 0 Å². The molecule has 0 fully saturated rings. The van der Waals surface area contributed by atoms with E-state index in [4.69, 9.17) is 5.73 Å². The fourth-order valence-electron chi connectivity index (χ4n) is 3.65. The van der Waals surface area contributed by atoms with Gasteiger partial charge in [0.15, 0.2) is 17.5 Å². The topological polar surface area (TPSA) is 129 Å². The molecule has 0 amide bonds. The smallest absolute Gasteiger partial charge is 0.327 e. The second kappa shape index (κ2) is 6.22. The van der Waals surface area contributed by atoms with Gasteiger partial charge in [0.05, 0.1) is 6.54 Å². The quantitative estimate of drug-likeness (QED) is 0.454. The highest BCUT2D eigenvalue weighted by Gasteiger charge is 2.26. The number of aliphatic imine (C=N–C) groups is 1. The van der Waals surface area contributed by atoms with Gasteiger partial charge < -0.3 is 26.3 Å². The molecule has 3 aromatic rings. The van der Waals surface area contributed by atoms with Gasteiger partial charge in [-0.15, -0.1) is 0 Å². The van der Waals surface area contributed by atoms with E-state index in [1.54, 1.807) is 17.0 Å². The van der Waals surface area contributed by atoms with Gasteiger partial charge >= 0.3 is 5.69 Å². The SMILES string of the molecule is NC1NC(c2ncc[nH]2)=Nc2c1[nH]c(=O)n2Cc1ccc2c(c1)CNCC2. The Morgan fingerprint density at radius 1 is 1.30 bits per heavy atom. The van der Waals surface area contributed by atoms with E-state index in [0.717, 1.165) is 25.1 Å². The maximum atomic E-state index is 12.6. The average Bonchev–Trinajstić information content (AvgIpc) is 3.31. The molecular formula is C18H20N8O. The fourth-order valence-corrected chi connectivity index (χ4v) is 3.65. The molecule has 0 saturated carbocycles. The largest absolute Gasteiger partial charge is 0.346 e. The number of nitrogens with two attached hydrogens (primary N) is 1. The summed E-state index contributed by atoms with van der Waals surface area (Å²) in [7, 11) is 0. The number of hydrogen-bond acceptors (Lipinski definition) is 6. The van der Waals surface area contributed by atoms with Gasteiger partial charge in [-0.2, -0.15) is 0 Å². The molecule has 0 aliphatic carbocycles. The molecule has 1 unspecified atom stereocenters. The third kappa shape index (κ3) is 2.77. The lowest BCUT2D eigenvalue weighted by molar-refractivity contribution is 0.640. The summed E-state index contributed by atoms with van der Waals surface area (Å²) in [4.78, 5) is 27.2. The maximum absolute atomic E-state index is 12.6. The van der Waals surface area contributed by atoms with Crippen LogP contribution < -0.4 is 22.1 Å². The van der Waals surface area contributed by atoms with E-state index < -0.39 is 6.17 Å². The predicted octanol–water partition coefficient (Wildman–Crippen LogP) is 0.232. The van der Waals surface area contributed by atoms with E-state index in [2.05, 4.69) is 48.8 Å². The molecule has 1 atom stereocenters. The second-order valence-corrected chi connectivity index (χ2v) is 6.80. The van der Waals surface area contributed by atoms with Gasteiger partial charge in [0, 0.05) is 18.9 Å². The number of H-pyrrole nitrogens is 2. The highest BCUT2D eigenvalue weighted by molar-refractivity contribution is 5.98. The highest BCUT2D eigenvalue weighted by atomic mass is 16.1. The summed E-state index contributed by atoms with van der Waals surface area (Å²) in [5.74, 6) is 1.63. The third-order valence-electron chi connectivity index (χ3n) is 5.02. The summed E-state index contributed by atoms with van der Waals surface area (Å²) >= 11 is 0. The molecule has 5 rings (SSSR count). The number of fused-ring (bicyclic) bond motifs is 2. The monoisotopic (exact) mass is 364 g/mol. The first-order chi connectivity index (χ1) is 13.2. The van der Waals surface area contributed by atoms with Crippen molar-refractivity contribution >= 4 is 11.7 Å². The van der Waals surface area contributed by atoms with Crippen molar-refractivity contribution < 1.29 is 0 Å². The summed E-state index contributed by atoms with van der Waals surface area (Å²) < 4.78 is 1.62. The van der Waals surface area contributed by atoms with Crippen LogP contribution in [0.25, 0.3) is 0 Å². The molecule has 4 heterocycles. The van der Waals surface area contributed by atoms with E-state index >= 15 is 0 Å². The van der Waals surface area contributed by atoms with Crippen LogP contribution >= 0.6 is 0 Å². The molecule has 6 N–H and O–H groups in total. The van der Waals surface area contributed by atoms with Crippen LogP contribution in [0.3, 0.4) is 0 Å². The van der Waals surface area contributed by atoms with Gasteiger partial charge in [-0.05, 0) is 29.7 Å². The summed E-state index contributed by atoms with van der Waals surface area (Å²) in [6.07, 6.45) is 3.84. The number of rotatable bonds is 3. The van der Waals surface area contributed by atoms with E-state index in [1.807, 2.05) is 0 Å². The molecule has 0 spiro atoms. The lowest BCUT2D eigenvalue weighted by atomic mass is 9.98. The van der Waals surface area contributed by atoms with Crippen molar-refractivity contribution in [2.75, 3.05) is 6.54 Å². The van der Waals surface area contributed by atoms with Gasteiger partial charge in [-0.1, -0.05) is 18.2 Å². The number of aromatic amines is 2. The number of benzene rings is 1. The molecule has 9 heteroatoms. The number of imidazole rings is 2. The Balaban J connectivity index is 1.54. The standard InChI is InChI=1S/C18H20N8O/c19-14-13-17(25-16(24-14)15-21-5-6-22-15)26(18(27)23-13)9-10-1-2-11-3-4-20-8-12(11)7-10/h1-2,5-7,14,20H,3-4,8-9,19H2,(H,21,22)(H,23,27)(H,24,25). The minimum absolute atomic E-state index is 0.224. The van der Waals surface area contributed by atoms with Crippen LogP contribution in [0.1, 0.15) is 34.4 Å². The predicted molar refractivity (Wildman–Crippen MR) is 101 cm³/mol. The zero-order valence-corrected chi connectivity index (χ0v) is 14.6. The number of nitrogens with one attached hydrogen (secondary N) is 4. The van der Waals surface area contributed by atoms with Crippen LogP contribution in [-0.4, -0.2) is 31.9 Å². The molecular weight excluding hydrogens is 344 g/mol. The Kier molecular flexibility index (Phi) is 3.69. The lowest BCUT2D eigenvalue weighted by Gasteiger charge is -2.21. The van der Waals surface area contributed by atoms with Crippen LogP contribution in [0, 0.1) is 0 Å². The Morgan fingerprint density at radius 3 is 3.07 bits per heavy atom. The number of amidine groups is 1. The maximum Gasteiger partial charge on any atom is 0.327 e. The van der Waals surface area contributed by atoms with Crippen LogP contribution in [0.15, 0.2) is 40.4 Å². The second-order valence-electron chi connectivity index (χ2n) is 6.80. The number of nitrogens with zero attached hydrogens (tertiary/aromatic N) is 3. The van der Waals surface area contributed by atoms with E-state index in [1.165, 1.54) is 11.1 Å². The number of aromatic nitrogens is 4. The van der Waals surface area contributed by atoms with E-state index in [-0.39, 0.29) is 5.69 Å². The first kappa shape index (κ1) is 16.0. The normalized spacial score (nSPS) is 18.4. The molecule has 0 bridgehead atoms. The summed E-state index contributed by atoms with van der Waals surface area (Å²) in [5, 5.41) is 6.45. The third-order valence-corrected chi connectivity index (χ3v) is 5.02. The summed E-state index contributed by atoms with van der Waals surface area (Å²) in [5.41, 5.74) is 10.2. The van der Waals surface area contributed by atoms with E-state index in [0.29, 0.717) is 29.7 Å². The fraction of sp³-hybridized carbons (Fsp3) is 0.278. The molecule has 1 aromatic carbocycles. The highest BCUT2D eigenvalue weighted by Crippen LogP contribution is 2.26. The van der Waals surface area contributed by atoms with Crippen LogP contribution in [0.5, 0.6) is 0 Å². The minimum Gasteiger partial charge on any atom is -0.346 e. The van der Waals surface area contributed by atoms with Crippen molar-refractivity contribution in [3.05, 3.63) is 69.3 Å². The molecule has 0 radical (unpaired) electrons. The van der Waals surface area contributed by atoms with Crippen LogP contribution in [-0.2, 0) is 19.5 Å². The van der Waals surface area contributed by atoms with Gasteiger partial charge in [-0.25, -0.2) is 14.8 Å². The van der Waals surface area contributed by atoms with Gasteiger partial charge in [0.2, 0.25) is 0 Å². The van der Waals surface area contributed by atoms with E-state index in [9.17, 15) is 4.79 Å². The summed E-state index contributed by atoms with van der Waals surface area (Å²) in [6.45, 7) is 2.30. The van der Waals surface area contributed by atoms with Crippen molar-refractivity contribution in [1.29, 1.82) is 0 Å². The van der Waals surface area contributed by atoms with Crippen molar-refractivity contribution in [2.24, 2.45) is 10.7 Å². The van der Waals surface area contributed by atoms with Gasteiger partial charge in [0.1, 0.15) is 11.9 Å². The molecule has 2 aliphatic rings. The van der Waals surface area contributed by atoms with Crippen molar-refractivity contribution in [3.8, 4) is 0 Å². The minimum atomic E-state index is -0.556. The first-order valence-corrected chi connectivity index (χ1v) is 8.94. The summed E-state index contributed by atoms with van der Waals surface area (Å²) in [6, 6.07) is 6.39. The zero-order chi connectivity index (χ0) is 18.4. The zero-order valence-electron chi connectivity index (χ0n) is 14.6. The van der Waals surface area contributed by atoms with Crippen molar-refractivity contribution in [2.45, 2.75) is 25.7 Å². The Bertz CT molecular complexity index is 1080. The molecule has 27 heavy (non-hydrogen) atoms. The van der Waals surface area contributed by atoms with Gasteiger partial charge in [0.25, 0.3) is 0 Å². The molecule has 2 aliphatic heterocycles. The molecule has 9 nitrogen and oxygen atoms in total. The van der Waals surface area contributed by atoms with Crippen LogP contribution in [0.4, 0.5) is 5.82 Å². The van der Waals surface area contributed by atoms with Crippen molar-refractivity contribution in [1.82, 2.24) is 30.2 Å². The molecule has 2 aromatic heterocycles. The molecule has 0 saturated heterocycles. The first-order valence-electron chi connectivity index (χ1n) is 8.94.